The third-order valence-corrected chi connectivity index (χ3v) is 7.40. The molecular weight excluding hydrogens is 402 g/mol. The molecule has 0 N–H and O–H groups in total. The van der Waals surface area contributed by atoms with Crippen LogP contribution in [-0.4, -0.2) is 34.1 Å². The molecule has 1 aromatic heterocycles. The molecule has 0 unspecified atom stereocenters. The normalized spacial score (nSPS) is 21.1. The fourth-order valence-electron chi connectivity index (χ4n) is 3.82. The maximum absolute atomic E-state index is 13.5. The molecule has 7 heteroatoms. The lowest BCUT2D eigenvalue weighted by Crippen LogP contribution is -2.40. The third kappa shape index (κ3) is 4.26. The summed E-state index contributed by atoms with van der Waals surface area (Å²) in [6.07, 6.45) is 5.64. The highest BCUT2D eigenvalue weighted by Crippen LogP contribution is 2.41. The quantitative estimate of drug-likeness (QED) is 0.580. The number of aryl methyl sites for hydroxylation is 1. The average Bonchev–Trinajstić information content (AvgIpc) is 3.30. The van der Waals surface area contributed by atoms with Crippen LogP contribution in [0.1, 0.15) is 50.3 Å². The Labute approximate surface area is 179 Å². The van der Waals surface area contributed by atoms with Gasteiger partial charge in [0.1, 0.15) is 5.75 Å². The van der Waals surface area contributed by atoms with Crippen molar-refractivity contribution in [3.8, 4) is 5.75 Å². The summed E-state index contributed by atoms with van der Waals surface area (Å²) in [5.74, 6) is 0.850. The number of allylic oxidation sites excluding steroid dienone is 1. The van der Waals surface area contributed by atoms with Crippen LogP contribution >= 0.6 is 23.1 Å². The maximum Gasteiger partial charge on any atom is 0.267 e. The van der Waals surface area contributed by atoms with Gasteiger partial charge in [0, 0.05) is 11.4 Å². The predicted octanol–water partition coefficient (Wildman–Crippen LogP) is 5.79. The minimum atomic E-state index is 0.0641. The number of amides is 1. The van der Waals surface area contributed by atoms with E-state index in [-0.39, 0.29) is 11.9 Å². The fraction of sp³-hybridized carbons (Fsp3) is 0.409. The van der Waals surface area contributed by atoms with Crippen molar-refractivity contribution >= 4 is 44.9 Å². The Hall–Kier alpha value is -2.12. The Morgan fingerprint density at radius 1 is 1.28 bits per heavy atom. The largest absolute Gasteiger partial charge is 0.497 e. The second-order valence-corrected chi connectivity index (χ2v) is 9.24. The van der Waals surface area contributed by atoms with Crippen LogP contribution in [0.5, 0.6) is 5.75 Å². The summed E-state index contributed by atoms with van der Waals surface area (Å²) in [6.45, 7) is 3.97. The number of amidine groups is 1. The lowest BCUT2D eigenvalue weighted by Gasteiger charge is -2.30. The molecule has 0 bridgehead atoms. The van der Waals surface area contributed by atoms with Gasteiger partial charge in [-0.3, -0.25) is 9.69 Å². The van der Waals surface area contributed by atoms with Gasteiger partial charge in [0.05, 0.1) is 17.7 Å². The highest BCUT2D eigenvalue weighted by Gasteiger charge is 2.40. The van der Waals surface area contributed by atoms with Crippen LogP contribution in [0.4, 0.5) is 5.13 Å². The number of aliphatic imine (C=N–C) groups is 1. The number of nitrogens with zero attached hydrogens (tertiary/aromatic N) is 3. The number of rotatable bonds is 4. The highest BCUT2D eigenvalue weighted by atomic mass is 32.2. The predicted molar refractivity (Wildman–Crippen MR) is 121 cm³/mol. The minimum absolute atomic E-state index is 0.0641. The smallest absolute Gasteiger partial charge is 0.267 e. The summed E-state index contributed by atoms with van der Waals surface area (Å²) in [5, 5.41) is 3.46. The van der Waals surface area contributed by atoms with Crippen molar-refractivity contribution in [1.82, 2.24) is 9.88 Å². The minimum Gasteiger partial charge on any atom is -0.497 e. The first kappa shape index (κ1) is 20.2. The molecule has 0 atom stereocenters. The van der Waals surface area contributed by atoms with Gasteiger partial charge in [0.15, 0.2) is 5.17 Å². The number of benzene rings is 1. The molecule has 1 saturated carbocycles. The fourth-order valence-corrected chi connectivity index (χ4v) is 5.64. The monoisotopic (exact) mass is 427 g/mol. The first-order chi connectivity index (χ1) is 14.1. The van der Waals surface area contributed by atoms with Crippen LogP contribution in [-0.2, 0) is 4.79 Å². The number of ether oxygens (including phenoxy) is 1. The van der Waals surface area contributed by atoms with E-state index in [0.29, 0.717) is 5.13 Å². The molecule has 1 aliphatic heterocycles. The van der Waals surface area contributed by atoms with Crippen LogP contribution in [0, 0.1) is 6.92 Å². The summed E-state index contributed by atoms with van der Waals surface area (Å²) in [6, 6.07) is 8.08. The molecule has 4 rings (SSSR count). The molecule has 2 fully saturated rings. The van der Waals surface area contributed by atoms with Gasteiger partial charge in [-0.2, -0.15) is 4.99 Å². The summed E-state index contributed by atoms with van der Waals surface area (Å²) in [7, 11) is 1.66. The molecular formula is C22H25N3O2S2. The average molecular weight is 428 g/mol. The second-order valence-electron chi connectivity index (χ2n) is 7.42. The topological polar surface area (TPSA) is 54.8 Å². The van der Waals surface area contributed by atoms with E-state index in [1.165, 1.54) is 29.5 Å². The number of hydrogen-bond acceptors (Lipinski definition) is 6. The Morgan fingerprint density at radius 3 is 2.76 bits per heavy atom. The number of carbonyl (C=O) groups excluding carboxylic acids is 1. The van der Waals surface area contributed by atoms with Gasteiger partial charge in [-0.15, -0.1) is 11.3 Å². The van der Waals surface area contributed by atoms with Gasteiger partial charge in [0.25, 0.3) is 5.91 Å². The van der Waals surface area contributed by atoms with Crippen molar-refractivity contribution in [3.63, 3.8) is 0 Å². The molecule has 1 saturated heterocycles. The van der Waals surface area contributed by atoms with Gasteiger partial charge in [-0.25, -0.2) is 4.98 Å². The van der Waals surface area contributed by atoms with Gasteiger partial charge in [-0.05, 0) is 61.7 Å². The number of carbonyl (C=O) groups is 1. The lowest BCUT2D eigenvalue weighted by molar-refractivity contribution is -0.124. The SMILES string of the molecule is COc1cccc(/C(C)=C2\S/C(=N/c3nc(C)cs3)N(C3CCCCC3)C2=O)c1. The van der Waals surface area contributed by atoms with E-state index in [2.05, 4.69) is 4.98 Å². The number of thiazole rings is 1. The van der Waals surface area contributed by atoms with Crippen LogP contribution in [0.2, 0.25) is 0 Å². The van der Waals surface area contributed by atoms with Crippen LogP contribution in [0.15, 0.2) is 39.5 Å². The molecule has 1 aromatic carbocycles. The zero-order chi connectivity index (χ0) is 20.4. The third-order valence-electron chi connectivity index (χ3n) is 5.39. The molecule has 0 radical (unpaired) electrons. The van der Waals surface area contributed by atoms with E-state index in [1.54, 1.807) is 7.11 Å². The molecule has 2 aromatic rings. The number of aromatic nitrogens is 1. The van der Waals surface area contributed by atoms with E-state index in [4.69, 9.17) is 9.73 Å². The summed E-state index contributed by atoms with van der Waals surface area (Å²) in [5.41, 5.74) is 2.91. The Balaban J connectivity index is 1.74. The second kappa shape index (κ2) is 8.71. The number of thioether (sulfide) groups is 1. The van der Waals surface area contributed by atoms with E-state index in [0.717, 1.165) is 58.3 Å². The molecule has 29 heavy (non-hydrogen) atoms. The first-order valence-electron chi connectivity index (χ1n) is 9.94. The van der Waals surface area contributed by atoms with Crippen LogP contribution in [0.3, 0.4) is 0 Å². The number of methoxy groups -OCH3 is 1. The molecule has 2 heterocycles. The molecule has 1 amide bonds. The molecule has 1 aliphatic carbocycles. The van der Waals surface area contributed by atoms with Gasteiger partial charge in [-0.1, -0.05) is 31.4 Å². The van der Waals surface area contributed by atoms with Crippen LogP contribution < -0.4 is 4.74 Å². The van der Waals surface area contributed by atoms with Crippen molar-refractivity contribution in [2.75, 3.05) is 7.11 Å². The zero-order valence-electron chi connectivity index (χ0n) is 17.0. The number of hydrogen-bond donors (Lipinski definition) is 0. The standard InChI is InChI=1S/C22H25N3O2S2/c1-14-13-28-21(23-14)24-22-25(17-9-5-4-6-10-17)20(26)19(29-22)15(2)16-8-7-11-18(12-16)27-3/h7-8,11-13,17H,4-6,9-10H2,1-3H3/b19-15-,24-22+. The van der Waals surface area contributed by atoms with E-state index in [1.807, 2.05) is 48.4 Å². The van der Waals surface area contributed by atoms with Gasteiger partial charge < -0.3 is 4.74 Å². The lowest BCUT2D eigenvalue weighted by atomic mass is 9.94. The summed E-state index contributed by atoms with van der Waals surface area (Å²) < 4.78 is 5.36. The maximum atomic E-state index is 13.5. The highest BCUT2D eigenvalue weighted by molar-refractivity contribution is 8.18. The van der Waals surface area contributed by atoms with Gasteiger partial charge in [0.2, 0.25) is 5.13 Å². The summed E-state index contributed by atoms with van der Waals surface area (Å²) >= 11 is 2.99. The zero-order valence-corrected chi connectivity index (χ0v) is 18.6. The van der Waals surface area contributed by atoms with Crippen molar-refractivity contribution in [2.24, 2.45) is 4.99 Å². The van der Waals surface area contributed by atoms with Crippen molar-refractivity contribution in [2.45, 2.75) is 52.0 Å². The van der Waals surface area contributed by atoms with E-state index in [9.17, 15) is 4.79 Å². The molecule has 152 valence electrons. The van der Waals surface area contributed by atoms with Crippen LogP contribution in [0.25, 0.3) is 5.57 Å². The first-order valence-corrected chi connectivity index (χ1v) is 11.6. The molecule has 2 aliphatic rings. The Morgan fingerprint density at radius 2 is 2.07 bits per heavy atom. The molecule has 5 nitrogen and oxygen atoms in total. The Kier molecular flexibility index (Phi) is 6.06. The van der Waals surface area contributed by atoms with E-state index >= 15 is 0 Å². The van der Waals surface area contributed by atoms with Crippen molar-refractivity contribution in [3.05, 3.63) is 45.8 Å². The van der Waals surface area contributed by atoms with Crippen molar-refractivity contribution in [1.29, 1.82) is 0 Å². The van der Waals surface area contributed by atoms with E-state index < -0.39 is 0 Å². The van der Waals surface area contributed by atoms with Crippen molar-refractivity contribution < 1.29 is 9.53 Å². The summed E-state index contributed by atoms with van der Waals surface area (Å²) in [4.78, 5) is 25.4. The molecule has 0 spiro atoms. The van der Waals surface area contributed by atoms with Gasteiger partial charge >= 0.3 is 0 Å². The Bertz CT molecular complexity index is 974.